The highest BCUT2D eigenvalue weighted by molar-refractivity contribution is 6.24. The number of nitrogens with zero attached hydrogens (tertiary/aromatic N) is 1. The van der Waals surface area contributed by atoms with Gasteiger partial charge in [-0.2, -0.15) is 0 Å². The first-order chi connectivity index (χ1) is 16.0. The molecule has 0 saturated heterocycles. The Bertz CT molecular complexity index is 843. The summed E-state index contributed by atoms with van der Waals surface area (Å²) in [6, 6.07) is 3.24. The van der Waals surface area contributed by atoms with Gasteiger partial charge in [-0.05, 0) is 18.6 Å². The average Bonchev–Trinajstić information content (AvgIpc) is 3.09. The number of nitrogens with one attached hydrogen (secondary N) is 2. The Balaban J connectivity index is 0.00000265. The Labute approximate surface area is 192 Å². The first-order valence-corrected chi connectivity index (χ1v) is 10.7. The lowest BCUT2D eigenvalue weighted by molar-refractivity contribution is -0.125. The number of likely N-dealkylation sites (N-methyl/N-ethyl adjacent to an activating group) is 1. The van der Waals surface area contributed by atoms with Crippen LogP contribution < -0.4 is 15.4 Å². The maximum Gasteiger partial charge on any atom is 0.266 e. The van der Waals surface area contributed by atoms with Crippen molar-refractivity contribution in [1.29, 1.82) is 0 Å². The largest absolute Gasteiger partial charge is 0.483 e. The van der Waals surface area contributed by atoms with Crippen molar-refractivity contribution < 1.29 is 38.6 Å². The highest BCUT2D eigenvalue weighted by atomic mass is 16.5. The summed E-state index contributed by atoms with van der Waals surface area (Å²) in [5.41, 5.74) is 0.0203. The highest BCUT2D eigenvalue weighted by Gasteiger charge is 2.44. The van der Waals surface area contributed by atoms with Gasteiger partial charge in [-0.15, -0.1) is 0 Å². The molecule has 4 amide bonds. The summed E-state index contributed by atoms with van der Waals surface area (Å²) in [6.45, 7) is 4.08. The standard InChI is InChI=1S/C20H25N3O8.C2H6/c1-21-18(27)14(5-3-8-24)23-19(28)13-4-2-6-15(17(13)20(23)29)31-12-16(26)22-7-10-30-11-9-25;1-2/h2,4,6,8,14,25H,3,5,7,9-12H2,1H3,(H,21,27)(H,22,26);1-2H3. The normalized spacial score (nSPS) is 12.9. The van der Waals surface area contributed by atoms with Crippen LogP contribution in [-0.4, -0.2) is 86.0 Å². The Morgan fingerprint density at radius 1 is 1.18 bits per heavy atom. The number of aliphatic hydroxyl groups is 1. The molecular weight excluding hydrogens is 434 g/mol. The van der Waals surface area contributed by atoms with E-state index in [-0.39, 0.29) is 56.1 Å². The van der Waals surface area contributed by atoms with Crippen molar-refractivity contribution in [3.8, 4) is 5.75 Å². The summed E-state index contributed by atoms with van der Waals surface area (Å²) in [4.78, 5) is 61.5. The molecule has 0 aromatic heterocycles. The van der Waals surface area contributed by atoms with Crippen molar-refractivity contribution >= 4 is 29.9 Å². The molecule has 1 aromatic carbocycles. The molecule has 0 saturated carbocycles. The quantitative estimate of drug-likeness (QED) is 0.208. The van der Waals surface area contributed by atoms with Gasteiger partial charge in [-0.3, -0.25) is 24.1 Å². The second-order valence-electron chi connectivity index (χ2n) is 6.51. The van der Waals surface area contributed by atoms with Crippen molar-refractivity contribution in [2.24, 2.45) is 0 Å². The van der Waals surface area contributed by atoms with Crippen LogP contribution in [0.25, 0.3) is 0 Å². The van der Waals surface area contributed by atoms with Crippen molar-refractivity contribution in [3.05, 3.63) is 29.3 Å². The summed E-state index contributed by atoms with van der Waals surface area (Å²) < 4.78 is 10.5. The Kier molecular flexibility index (Phi) is 12.3. The topological polar surface area (TPSA) is 151 Å². The van der Waals surface area contributed by atoms with Crippen LogP contribution in [-0.2, 0) is 19.1 Å². The van der Waals surface area contributed by atoms with E-state index in [1.54, 1.807) is 0 Å². The molecular formula is C22H31N3O8. The van der Waals surface area contributed by atoms with E-state index in [0.717, 1.165) is 4.90 Å². The minimum atomic E-state index is -1.14. The van der Waals surface area contributed by atoms with Crippen LogP contribution in [0.1, 0.15) is 47.4 Å². The predicted octanol–water partition coefficient (Wildman–Crippen LogP) is -0.0936. The van der Waals surface area contributed by atoms with E-state index in [1.807, 2.05) is 13.8 Å². The number of carbonyl (C=O) groups is 5. The zero-order valence-corrected chi connectivity index (χ0v) is 19.1. The van der Waals surface area contributed by atoms with E-state index in [0.29, 0.717) is 6.29 Å². The molecule has 1 aliphatic rings. The molecule has 3 N–H and O–H groups in total. The lowest BCUT2D eigenvalue weighted by Gasteiger charge is -2.24. The number of rotatable bonds is 13. The molecule has 0 fully saturated rings. The van der Waals surface area contributed by atoms with Crippen LogP contribution >= 0.6 is 0 Å². The molecule has 0 spiro atoms. The highest BCUT2D eigenvalue weighted by Crippen LogP contribution is 2.33. The van der Waals surface area contributed by atoms with Gasteiger partial charge in [0.15, 0.2) is 6.61 Å². The number of hydrogen-bond donors (Lipinski definition) is 3. The fourth-order valence-electron chi connectivity index (χ4n) is 3.07. The molecule has 0 radical (unpaired) electrons. The van der Waals surface area contributed by atoms with Gasteiger partial charge in [0.25, 0.3) is 17.7 Å². The lowest BCUT2D eigenvalue weighted by atomic mass is 10.1. The van der Waals surface area contributed by atoms with E-state index >= 15 is 0 Å². The molecule has 33 heavy (non-hydrogen) atoms. The van der Waals surface area contributed by atoms with Crippen LogP contribution in [0.4, 0.5) is 0 Å². The lowest BCUT2D eigenvalue weighted by Crippen LogP contribution is -2.48. The van der Waals surface area contributed by atoms with Crippen LogP contribution in [0.5, 0.6) is 5.75 Å². The number of aliphatic hydroxyl groups excluding tert-OH is 1. The SMILES string of the molecule is CC.CNC(=O)C(CCC=O)N1C(=O)c2cccc(OCC(=O)NCCOCCO)c2C1=O. The molecule has 0 aliphatic carbocycles. The minimum Gasteiger partial charge on any atom is -0.483 e. The fourth-order valence-corrected chi connectivity index (χ4v) is 3.07. The smallest absolute Gasteiger partial charge is 0.266 e. The van der Waals surface area contributed by atoms with Gasteiger partial charge >= 0.3 is 0 Å². The molecule has 1 aliphatic heterocycles. The van der Waals surface area contributed by atoms with Crippen LogP contribution in [0.3, 0.4) is 0 Å². The van der Waals surface area contributed by atoms with E-state index in [1.165, 1.54) is 25.2 Å². The Morgan fingerprint density at radius 2 is 1.91 bits per heavy atom. The van der Waals surface area contributed by atoms with Gasteiger partial charge in [0.05, 0.1) is 30.9 Å². The van der Waals surface area contributed by atoms with Crippen LogP contribution in [0.15, 0.2) is 18.2 Å². The summed E-state index contributed by atoms with van der Waals surface area (Å²) in [5, 5.41) is 13.6. The number of fused-ring (bicyclic) bond motifs is 1. The molecule has 0 bridgehead atoms. The third-order valence-electron chi connectivity index (χ3n) is 4.49. The fraction of sp³-hybridized carbons (Fsp3) is 0.500. The van der Waals surface area contributed by atoms with E-state index < -0.39 is 36.3 Å². The molecule has 11 nitrogen and oxygen atoms in total. The van der Waals surface area contributed by atoms with Gasteiger partial charge in [0.1, 0.15) is 18.1 Å². The van der Waals surface area contributed by atoms with Crippen molar-refractivity contribution in [2.75, 3.05) is 40.0 Å². The maximum absolute atomic E-state index is 13.0. The second kappa shape index (κ2) is 14.7. The number of imide groups is 1. The van der Waals surface area contributed by atoms with Crippen molar-refractivity contribution in [3.63, 3.8) is 0 Å². The summed E-state index contributed by atoms with van der Waals surface area (Å²) >= 11 is 0. The molecule has 11 heteroatoms. The first-order valence-electron chi connectivity index (χ1n) is 10.7. The molecule has 1 aromatic rings. The average molecular weight is 466 g/mol. The first kappa shape index (κ1) is 27.7. The van der Waals surface area contributed by atoms with E-state index in [9.17, 15) is 24.0 Å². The summed E-state index contributed by atoms with van der Waals surface area (Å²) in [6.07, 6.45) is 0.596. The number of carbonyl (C=O) groups excluding carboxylic acids is 5. The minimum absolute atomic E-state index is 0.00294. The molecule has 2 rings (SSSR count). The number of aldehydes is 1. The van der Waals surface area contributed by atoms with Gasteiger partial charge in [0, 0.05) is 20.0 Å². The predicted molar refractivity (Wildman–Crippen MR) is 118 cm³/mol. The van der Waals surface area contributed by atoms with E-state index in [2.05, 4.69) is 10.6 Å². The van der Waals surface area contributed by atoms with Crippen molar-refractivity contribution in [2.45, 2.75) is 32.7 Å². The van der Waals surface area contributed by atoms with E-state index in [4.69, 9.17) is 14.6 Å². The summed E-state index contributed by atoms with van der Waals surface area (Å²) in [5.74, 6) is -2.39. The number of amides is 4. The zero-order chi connectivity index (χ0) is 24.8. The van der Waals surface area contributed by atoms with Gasteiger partial charge in [-0.1, -0.05) is 19.9 Å². The second-order valence-corrected chi connectivity index (χ2v) is 6.51. The molecule has 1 unspecified atom stereocenters. The summed E-state index contributed by atoms with van der Waals surface area (Å²) in [7, 11) is 1.37. The van der Waals surface area contributed by atoms with Crippen LogP contribution in [0, 0.1) is 0 Å². The maximum atomic E-state index is 13.0. The molecule has 1 heterocycles. The zero-order valence-electron chi connectivity index (χ0n) is 19.1. The van der Waals surface area contributed by atoms with Gasteiger partial charge in [-0.25, -0.2) is 0 Å². The molecule has 1 atom stereocenters. The third kappa shape index (κ3) is 7.36. The Hall–Kier alpha value is -3.31. The number of benzene rings is 1. The van der Waals surface area contributed by atoms with Gasteiger partial charge in [0.2, 0.25) is 5.91 Å². The molecule has 182 valence electrons. The monoisotopic (exact) mass is 465 g/mol. The Morgan fingerprint density at radius 3 is 2.55 bits per heavy atom. The van der Waals surface area contributed by atoms with Crippen molar-refractivity contribution in [1.82, 2.24) is 15.5 Å². The number of ether oxygens (including phenoxy) is 2. The van der Waals surface area contributed by atoms with Crippen LogP contribution in [0.2, 0.25) is 0 Å². The third-order valence-corrected chi connectivity index (χ3v) is 4.49. The van der Waals surface area contributed by atoms with Gasteiger partial charge < -0.3 is 30.0 Å². The number of hydrogen-bond acceptors (Lipinski definition) is 8.